The number of benzene rings is 1. The van der Waals surface area contributed by atoms with Crippen molar-refractivity contribution in [3.63, 3.8) is 0 Å². The van der Waals surface area contributed by atoms with Gasteiger partial charge in [-0.3, -0.25) is 4.79 Å². The molecule has 4 rings (SSSR count). The Bertz CT molecular complexity index is 833. The summed E-state index contributed by atoms with van der Waals surface area (Å²) < 4.78 is 5.34. The normalized spacial score (nSPS) is 14.7. The molecule has 3 aromatic rings. The van der Waals surface area contributed by atoms with E-state index in [1.54, 1.807) is 11.1 Å². The summed E-state index contributed by atoms with van der Waals surface area (Å²) in [5.41, 5.74) is 1.43. The molecular weight excluding hydrogens is 294 g/mol. The Morgan fingerprint density at radius 3 is 2.78 bits per heavy atom. The number of aromatic amines is 1. The number of amides is 1. The molecule has 1 aliphatic rings. The van der Waals surface area contributed by atoms with Crippen LogP contribution in [0.1, 0.15) is 28.1 Å². The third kappa shape index (κ3) is 2.50. The number of imidazole rings is 1. The molecule has 7 heteroatoms. The molecule has 1 amide bonds. The fourth-order valence-electron chi connectivity index (χ4n) is 2.61. The van der Waals surface area contributed by atoms with Crippen LogP contribution < -0.4 is 0 Å². The van der Waals surface area contributed by atoms with Crippen molar-refractivity contribution in [2.75, 3.05) is 13.1 Å². The fraction of sp³-hybridized carbons (Fsp3) is 0.250. The zero-order valence-corrected chi connectivity index (χ0v) is 12.6. The van der Waals surface area contributed by atoms with Gasteiger partial charge in [-0.05, 0) is 6.92 Å². The van der Waals surface area contributed by atoms with E-state index in [9.17, 15) is 4.79 Å². The quantitative estimate of drug-likeness (QED) is 0.799. The number of likely N-dealkylation sites (tertiary alicyclic amines) is 1. The molecule has 0 aliphatic carbocycles. The van der Waals surface area contributed by atoms with Crippen molar-refractivity contribution in [3.8, 4) is 11.4 Å². The average Bonchev–Trinajstić information content (AvgIpc) is 3.16. The summed E-state index contributed by atoms with van der Waals surface area (Å²) in [7, 11) is 0. The second-order valence-corrected chi connectivity index (χ2v) is 5.61. The van der Waals surface area contributed by atoms with Crippen molar-refractivity contribution in [3.05, 3.63) is 53.9 Å². The lowest BCUT2D eigenvalue weighted by atomic mass is 10.00. The van der Waals surface area contributed by atoms with Gasteiger partial charge in [0, 0.05) is 18.7 Å². The second-order valence-electron chi connectivity index (χ2n) is 5.61. The molecular formula is C16H15N5O2. The molecule has 0 bridgehead atoms. The second kappa shape index (κ2) is 5.35. The van der Waals surface area contributed by atoms with Crippen LogP contribution in [0.15, 0.2) is 41.1 Å². The Hall–Kier alpha value is -2.96. The minimum atomic E-state index is -0.0513. The minimum Gasteiger partial charge on any atom is -0.339 e. The van der Waals surface area contributed by atoms with E-state index < -0.39 is 0 Å². The lowest BCUT2D eigenvalue weighted by molar-refractivity contribution is 0.0563. The maximum Gasteiger partial charge on any atom is 0.271 e. The lowest BCUT2D eigenvalue weighted by Crippen LogP contribution is -2.48. The molecule has 3 heterocycles. The van der Waals surface area contributed by atoms with E-state index in [0.717, 1.165) is 11.4 Å². The summed E-state index contributed by atoms with van der Waals surface area (Å²) >= 11 is 0. The van der Waals surface area contributed by atoms with E-state index in [1.807, 2.05) is 37.3 Å². The minimum absolute atomic E-state index is 0.0513. The predicted octanol–water partition coefficient (Wildman–Crippen LogP) is 2.01. The van der Waals surface area contributed by atoms with Gasteiger partial charge in [-0.2, -0.15) is 4.98 Å². The summed E-state index contributed by atoms with van der Waals surface area (Å²) in [6.45, 7) is 2.97. The van der Waals surface area contributed by atoms with Crippen LogP contribution in [-0.4, -0.2) is 44.0 Å². The van der Waals surface area contributed by atoms with Crippen LogP contribution in [0.4, 0.5) is 0 Å². The highest BCUT2D eigenvalue weighted by molar-refractivity contribution is 5.92. The maximum absolute atomic E-state index is 12.2. The van der Waals surface area contributed by atoms with Crippen LogP contribution >= 0.6 is 0 Å². The number of carbonyl (C=O) groups is 1. The van der Waals surface area contributed by atoms with Crippen LogP contribution in [0.5, 0.6) is 0 Å². The largest absolute Gasteiger partial charge is 0.339 e. The van der Waals surface area contributed by atoms with Crippen LogP contribution in [0.3, 0.4) is 0 Å². The third-order valence-electron chi connectivity index (χ3n) is 3.93. The van der Waals surface area contributed by atoms with Gasteiger partial charge >= 0.3 is 0 Å². The number of aromatic nitrogens is 4. The summed E-state index contributed by atoms with van der Waals surface area (Å²) in [6, 6.07) is 9.68. The van der Waals surface area contributed by atoms with Crippen molar-refractivity contribution in [2.45, 2.75) is 12.8 Å². The number of H-pyrrole nitrogens is 1. The number of hydrogen-bond donors (Lipinski definition) is 1. The molecule has 1 aromatic carbocycles. The first-order chi connectivity index (χ1) is 11.2. The molecule has 7 nitrogen and oxygen atoms in total. The van der Waals surface area contributed by atoms with Gasteiger partial charge < -0.3 is 14.4 Å². The molecule has 23 heavy (non-hydrogen) atoms. The van der Waals surface area contributed by atoms with Crippen LogP contribution in [0.2, 0.25) is 0 Å². The molecule has 0 unspecified atom stereocenters. The third-order valence-corrected chi connectivity index (χ3v) is 3.93. The Balaban J connectivity index is 1.42. The molecule has 0 saturated carbocycles. The van der Waals surface area contributed by atoms with Crippen molar-refractivity contribution in [1.82, 2.24) is 25.0 Å². The highest BCUT2D eigenvalue weighted by Gasteiger charge is 2.36. The van der Waals surface area contributed by atoms with Gasteiger partial charge in [-0.1, -0.05) is 35.5 Å². The van der Waals surface area contributed by atoms with Crippen LogP contribution in [0, 0.1) is 6.92 Å². The van der Waals surface area contributed by atoms with E-state index in [1.165, 1.54) is 0 Å². The van der Waals surface area contributed by atoms with Crippen molar-refractivity contribution in [2.24, 2.45) is 0 Å². The lowest BCUT2D eigenvalue weighted by Gasteiger charge is -2.36. The van der Waals surface area contributed by atoms with Crippen molar-refractivity contribution in [1.29, 1.82) is 0 Å². The van der Waals surface area contributed by atoms with Gasteiger partial charge in [0.2, 0.25) is 11.7 Å². The molecule has 2 aromatic heterocycles. The first kappa shape index (κ1) is 13.7. The summed E-state index contributed by atoms with van der Waals surface area (Å²) in [5, 5.41) is 4.02. The maximum atomic E-state index is 12.2. The molecule has 1 fully saturated rings. The Kier molecular flexibility index (Phi) is 3.18. The number of carbonyl (C=O) groups excluding carboxylic acids is 1. The van der Waals surface area contributed by atoms with Gasteiger partial charge in [0.05, 0.1) is 12.1 Å². The number of nitrogens with zero attached hydrogens (tertiary/aromatic N) is 4. The zero-order valence-electron chi connectivity index (χ0n) is 12.6. The Labute approximate surface area is 132 Å². The van der Waals surface area contributed by atoms with Crippen LogP contribution in [0.25, 0.3) is 11.4 Å². The Morgan fingerprint density at radius 2 is 2.09 bits per heavy atom. The fourth-order valence-corrected chi connectivity index (χ4v) is 2.61. The molecule has 1 aliphatic heterocycles. The SMILES string of the molecule is Cc1ncc(C(=O)N2CC(c3nc(-c4ccccc4)no3)C2)[nH]1. The van der Waals surface area contributed by atoms with Gasteiger partial charge in [0.25, 0.3) is 5.91 Å². The number of aryl methyl sites for hydroxylation is 1. The number of rotatable bonds is 3. The van der Waals surface area contributed by atoms with Gasteiger partial charge in [-0.25, -0.2) is 4.98 Å². The van der Waals surface area contributed by atoms with Gasteiger partial charge in [0.1, 0.15) is 11.5 Å². The zero-order chi connectivity index (χ0) is 15.8. The first-order valence-corrected chi connectivity index (χ1v) is 7.40. The molecule has 1 saturated heterocycles. The van der Waals surface area contributed by atoms with Gasteiger partial charge in [0.15, 0.2) is 0 Å². The van der Waals surface area contributed by atoms with E-state index in [0.29, 0.717) is 30.5 Å². The van der Waals surface area contributed by atoms with Crippen LogP contribution in [-0.2, 0) is 0 Å². The summed E-state index contributed by atoms with van der Waals surface area (Å²) in [5.74, 6) is 1.93. The topological polar surface area (TPSA) is 87.9 Å². The molecule has 1 N–H and O–H groups in total. The van der Waals surface area contributed by atoms with E-state index in [-0.39, 0.29) is 11.8 Å². The van der Waals surface area contributed by atoms with E-state index >= 15 is 0 Å². The summed E-state index contributed by atoms with van der Waals surface area (Å²) in [6.07, 6.45) is 1.56. The Morgan fingerprint density at radius 1 is 1.30 bits per heavy atom. The highest BCUT2D eigenvalue weighted by Crippen LogP contribution is 2.28. The number of hydrogen-bond acceptors (Lipinski definition) is 5. The smallest absolute Gasteiger partial charge is 0.271 e. The standard InChI is InChI=1S/C16H15N5O2/c1-10-17-7-13(18-10)16(22)21-8-12(9-21)15-19-14(20-23-15)11-5-3-2-4-6-11/h2-7,12H,8-9H2,1H3,(H,17,18). The first-order valence-electron chi connectivity index (χ1n) is 7.40. The molecule has 0 radical (unpaired) electrons. The molecule has 0 atom stereocenters. The van der Waals surface area contributed by atoms with E-state index in [2.05, 4.69) is 20.1 Å². The monoisotopic (exact) mass is 309 g/mol. The highest BCUT2D eigenvalue weighted by atomic mass is 16.5. The predicted molar refractivity (Wildman–Crippen MR) is 81.7 cm³/mol. The summed E-state index contributed by atoms with van der Waals surface area (Å²) in [4.78, 5) is 25.4. The van der Waals surface area contributed by atoms with Crippen molar-refractivity contribution >= 4 is 5.91 Å². The number of nitrogens with one attached hydrogen (secondary N) is 1. The van der Waals surface area contributed by atoms with E-state index in [4.69, 9.17) is 4.52 Å². The van der Waals surface area contributed by atoms with Gasteiger partial charge in [-0.15, -0.1) is 0 Å². The molecule has 116 valence electrons. The molecule has 0 spiro atoms. The average molecular weight is 309 g/mol. The van der Waals surface area contributed by atoms with Crippen molar-refractivity contribution < 1.29 is 9.32 Å².